The van der Waals surface area contributed by atoms with Crippen molar-refractivity contribution >= 4 is 28.7 Å². The Morgan fingerprint density at radius 3 is 2.48 bits per heavy atom. The van der Waals surface area contributed by atoms with Crippen LogP contribution in [0.25, 0.3) is 10.9 Å². The molecule has 1 unspecified atom stereocenters. The molecule has 3 N–H and O–H groups in total. The van der Waals surface area contributed by atoms with Gasteiger partial charge in [-0.2, -0.15) is 13.2 Å². The number of alkyl halides is 3. The Hall–Kier alpha value is -3.11. The summed E-state index contributed by atoms with van der Waals surface area (Å²) in [6.07, 6.45) is -5.72. The highest BCUT2D eigenvalue weighted by molar-refractivity contribution is 5.92. The van der Waals surface area contributed by atoms with Gasteiger partial charge in [-0.15, -0.1) is 0 Å². The molecule has 8 nitrogen and oxygen atoms in total. The largest absolute Gasteiger partial charge is 0.497 e. The van der Waals surface area contributed by atoms with E-state index in [2.05, 4.69) is 15.3 Å². The topological polar surface area (TPSA) is 122 Å². The zero-order valence-electron chi connectivity index (χ0n) is 12.7. The highest BCUT2D eigenvalue weighted by Crippen LogP contribution is 2.32. The first-order valence-electron chi connectivity index (χ1n) is 6.76. The van der Waals surface area contributed by atoms with E-state index in [4.69, 9.17) is 14.9 Å². The van der Waals surface area contributed by atoms with E-state index in [1.807, 2.05) is 0 Å². The Balaban J connectivity index is 2.59. The van der Waals surface area contributed by atoms with E-state index in [1.54, 1.807) is 0 Å². The molecule has 11 heteroatoms. The fourth-order valence-electron chi connectivity index (χ4n) is 2.01. The second-order valence-electron chi connectivity index (χ2n) is 4.91. The van der Waals surface area contributed by atoms with Crippen molar-refractivity contribution in [3.8, 4) is 5.75 Å². The number of aliphatic carboxylic acids is 2. The van der Waals surface area contributed by atoms with Gasteiger partial charge in [0.15, 0.2) is 0 Å². The van der Waals surface area contributed by atoms with Gasteiger partial charge in [-0.1, -0.05) is 0 Å². The van der Waals surface area contributed by atoms with Crippen molar-refractivity contribution in [2.24, 2.45) is 0 Å². The summed E-state index contributed by atoms with van der Waals surface area (Å²) in [7, 11) is 1.32. The molecule has 0 bridgehead atoms. The molecule has 1 heterocycles. The smallest absolute Gasteiger partial charge is 0.451 e. The highest BCUT2D eigenvalue weighted by Gasteiger charge is 2.36. The van der Waals surface area contributed by atoms with Crippen LogP contribution in [0.5, 0.6) is 5.75 Å². The van der Waals surface area contributed by atoms with Gasteiger partial charge in [0.2, 0.25) is 5.82 Å². The first-order valence-corrected chi connectivity index (χ1v) is 6.76. The molecule has 1 aromatic carbocycles. The molecular weight excluding hydrogens is 347 g/mol. The number of aromatic nitrogens is 2. The van der Waals surface area contributed by atoms with Gasteiger partial charge in [-0.05, 0) is 12.1 Å². The Morgan fingerprint density at radius 1 is 1.28 bits per heavy atom. The Kier molecular flexibility index (Phi) is 4.95. The van der Waals surface area contributed by atoms with E-state index < -0.39 is 42.2 Å². The van der Waals surface area contributed by atoms with Gasteiger partial charge in [-0.25, -0.2) is 14.8 Å². The summed E-state index contributed by atoms with van der Waals surface area (Å²) in [5.74, 6) is -4.67. The van der Waals surface area contributed by atoms with E-state index in [1.165, 1.54) is 25.3 Å². The van der Waals surface area contributed by atoms with Crippen molar-refractivity contribution in [2.45, 2.75) is 18.6 Å². The molecule has 25 heavy (non-hydrogen) atoms. The molecule has 0 aliphatic heterocycles. The number of carboxylic acids is 2. The number of carbonyl (C=O) groups is 2. The first kappa shape index (κ1) is 18.2. The third-order valence-corrected chi connectivity index (χ3v) is 3.15. The summed E-state index contributed by atoms with van der Waals surface area (Å²) in [6.45, 7) is 0. The minimum atomic E-state index is -4.88. The van der Waals surface area contributed by atoms with Crippen molar-refractivity contribution in [3.63, 3.8) is 0 Å². The second kappa shape index (κ2) is 6.79. The lowest BCUT2D eigenvalue weighted by Gasteiger charge is -2.16. The number of halogens is 3. The van der Waals surface area contributed by atoms with Crippen LogP contribution < -0.4 is 10.1 Å². The molecule has 0 aliphatic carbocycles. The molecular formula is C14H12F3N3O5. The van der Waals surface area contributed by atoms with Gasteiger partial charge >= 0.3 is 18.1 Å². The predicted molar refractivity (Wildman–Crippen MR) is 78.4 cm³/mol. The number of methoxy groups -OCH3 is 1. The molecule has 0 amide bonds. The standard InChI is InChI=1S/C14H12F3N3O5/c1-25-6-2-3-7-8(4-6)19-13(14(15,16)17)20-11(7)18-9(12(23)24)5-10(21)22/h2-4,9H,5H2,1H3,(H,21,22)(H,23,24)(H,18,19,20). The van der Waals surface area contributed by atoms with Gasteiger partial charge in [-0.3, -0.25) is 4.79 Å². The number of carboxylic acid groups (broad SMARTS) is 2. The number of hydrogen-bond donors (Lipinski definition) is 3. The Bertz CT molecular complexity index is 825. The SMILES string of the molecule is COc1ccc2c(NC(CC(=O)O)C(=O)O)nc(C(F)(F)F)nc2c1. The number of rotatable bonds is 6. The van der Waals surface area contributed by atoms with Crippen LogP contribution in [0.1, 0.15) is 12.2 Å². The molecule has 0 saturated heterocycles. The van der Waals surface area contributed by atoms with Crippen LogP contribution in [0.15, 0.2) is 18.2 Å². The molecule has 0 aliphatic rings. The Labute approximate surface area is 138 Å². The average Bonchev–Trinajstić information content (AvgIpc) is 2.51. The number of hydrogen-bond acceptors (Lipinski definition) is 6. The minimum Gasteiger partial charge on any atom is -0.497 e. The number of fused-ring (bicyclic) bond motifs is 1. The maximum atomic E-state index is 13.0. The van der Waals surface area contributed by atoms with Crippen molar-refractivity contribution in [1.29, 1.82) is 0 Å². The van der Waals surface area contributed by atoms with Crippen molar-refractivity contribution in [2.75, 3.05) is 12.4 Å². The molecule has 2 aromatic rings. The quantitative estimate of drug-likeness (QED) is 0.716. The van der Waals surface area contributed by atoms with Crippen LogP contribution in [-0.4, -0.2) is 45.3 Å². The Morgan fingerprint density at radius 2 is 1.96 bits per heavy atom. The van der Waals surface area contributed by atoms with E-state index in [9.17, 15) is 22.8 Å². The van der Waals surface area contributed by atoms with Crippen LogP contribution in [0.3, 0.4) is 0 Å². The number of benzene rings is 1. The number of ether oxygens (including phenoxy) is 1. The lowest BCUT2D eigenvalue weighted by molar-refractivity contribution is -0.145. The predicted octanol–water partition coefficient (Wildman–Crippen LogP) is 2.00. The second-order valence-corrected chi connectivity index (χ2v) is 4.91. The maximum absolute atomic E-state index is 13.0. The number of anilines is 1. The molecule has 134 valence electrons. The first-order chi connectivity index (χ1) is 11.6. The van der Waals surface area contributed by atoms with Crippen molar-refractivity contribution < 1.29 is 37.7 Å². The summed E-state index contributed by atoms with van der Waals surface area (Å²) in [5.41, 5.74) is -0.136. The van der Waals surface area contributed by atoms with Gasteiger partial charge < -0.3 is 20.3 Å². The summed E-state index contributed by atoms with van der Waals surface area (Å²) in [6, 6.07) is 2.33. The lowest BCUT2D eigenvalue weighted by Crippen LogP contribution is -2.32. The van der Waals surface area contributed by atoms with Gasteiger partial charge in [0.1, 0.15) is 17.6 Å². The van der Waals surface area contributed by atoms with Gasteiger partial charge in [0, 0.05) is 11.5 Å². The van der Waals surface area contributed by atoms with Crippen molar-refractivity contribution in [1.82, 2.24) is 9.97 Å². The third-order valence-electron chi connectivity index (χ3n) is 3.15. The van der Waals surface area contributed by atoms with Gasteiger partial charge in [0.05, 0.1) is 19.0 Å². The zero-order valence-corrected chi connectivity index (χ0v) is 12.7. The van der Waals surface area contributed by atoms with Crippen LogP contribution in [0.2, 0.25) is 0 Å². The fourth-order valence-corrected chi connectivity index (χ4v) is 2.01. The molecule has 1 atom stereocenters. The maximum Gasteiger partial charge on any atom is 0.451 e. The van der Waals surface area contributed by atoms with Crippen molar-refractivity contribution in [3.05, 3.63) is 24.0 Å². The van der Waals surface area contributed by atoms with E-state index in [0.29, 0.717) is 0 Å². The molecule has 0 radical (unpaired) electrons. The fraction of sp³-hybridized carbons (Fsp3) is 0.286. The molecule has 2 rings (SSSR count). The van der Waals surface area contributed by atoms with Gasteiger partial charge in [0.25, 0.3) is 0 Å². The summed E-state index contributed by atoms with van der Waals surface area (Å²) in [4.78, 5) is 28.6. The van der Waals surface area contributed by atoms with Crippen LogP contribution >= 0.6 is 0 Å². The molecule has 1 aromatic heterocycles. The third kappa shape index (κ3) is 4.25. The highest BCUT2D eigenvalue weighted by atomic mass is 19.4. The monoisotopic (exact) mass is 359 g/mol. The minimum absolute atomic E-state index is 0.0884. The van der Waals surface area contributed by atoms with E-state index >= 15 is 0 Å². The number of nitrogens with one attached hydrogen (secondary N) is 1. The summed E-state index contributed by atoms with van der Waals surface area (Å²) < 4.78 is 43.9. The lowest BCUT2D eigenvalue weighted by atomic mass is 10.1. The molecule has 0 spiro atoms. The van der Waals surface area contributed by atoms with Crippen LogP contribution in [0.4, 0.5) is 19.0 Å². The summed E-state index contributed by atoms with van der Waals surface area (Å²) >= 11 is 0. The molecule has 0 saturated carbocycles. The molecule has 0 fully saturated rings. The summed E-state index contributed by atoms with van der Waals surface area (Å²) in [5, 5.41) is 20.1. The van der Waals surface area contributed by atoms with Crippen LogP contribution in [-0.2, 0) is 15.8 Å². The normalized spacial score (nSPS) is 12.6. The number of nitrogens with zero attached hydrogens (tertiary/aromatic N) is 2. The van der Waals surface area contributed by atoms with E-state index in [0.717, 1.165) is 0 Å². The zero-order chi connectivity index (χ0) is 18.8. The van der Waals surface area contributed by atoms with E-state index in [-0.39, 0.29) is 16.7 Å². The van der Waals surface area contributed by atoms with Crippen LogP contribution in [0, 0.1) is 0 Å². The average molecular weight is 359 g/mol.